The summed E-state index contributed by atoms with van der Waals surface area (Å²) in [5.74, 6) is -0.479. The molecule has 2 heterocycles. The van der Waals surface area contributed by atoms with Gasteiger partial charge in [-0.15, -0.1) is 0 Å². The number of fused-ring (bicyclic) bond motifs is 1. The van der Waals surface area contributed by atoms with Gasteiger partial charge in [0.15, 0.2) is 5.75 Å². The van der Waals surface area contributed by atoms with E-state index < -0.39 is 48.7 Å². The molecular weight excluding hydrogens is 412 g/mol. The number of aromatic hydroxyl groups is 1. The standard InChI is InChI=1S/C21H28O10/c1-2-3-4-5-8-28-19-12-7-6-11(9-13(12)30-20(27)18(19)26)29-21-17(25)16(24)15(23)14(10-22)31-21/h6-7,9,14-17,21-26H,2-5,8,10H2,1H3/t14-,15-,16+,17-,21-/m1/s1. The number of rotatable bonds is 9. The van der Waals surface area contributed by atoms with E-state index >= 15 is 0 Å². The van der Waals surface area contributed by atoms with Crippen molar-refractivity contribution in [3.05, 3.63) is 28.6 Å². The average molecular weight is 440 g/mol. The highest BCUT2D eigenvalue weighted by atomic mass is 16.7. The summed E-state index contributed by atoms with van der Waals surface area (Å²) in [4.78, 5) is 12.0. The van der Waals surface area contributed by atoms with Gasteiger partial charge in [0.2, 0.25) is 12.0 Å². The molecule has 1 fully saturated rings. The van der Waals surface area contributed by atoms with Crippen LogP contribution in [0.3, 0.4) is 0 Å². The summed E-state index contributed by atoms with van der Waals surface area (Å²) in [5.41, 5.74) is -0.894. The first kappa shape index (κ1) is 23.3. The number of benzene rings is 1. The lowest BCUT2D eigenvalue weighted by atomic mass is 9.99. The molecule has 10 nitrogen and oxygen atoms in total. The third-order valence-electron chi connectivity index (χ3n) is 5.15. The average Bonchev–Trinajstić information content (AvgIpc) is 2.76. The number of aliphatic hydroxyl groups excluding tert-OH is 4. The number of hydrogen-bond donors (Lipinski definition) is 5. The van der Waals surface area contributed by atoms with Gasteiger partial charge in [-0.3, -0.25) is 0 Å². The van der Waals surface area contributed by atoms with E-state index in [1.54, 1.807) is 0 Å². The molecule has 172 valence electrons. The van der Waals surface area contributed by atoms with E-state index in [9.17, 15) is 30.3 Å². The molecule has 3 rings (SSSR count). The lowest BCUT2D eigenvalue weighted by molar-refractivity contribution is -0.277. The van der Waals surface area contributed by atoms with Crippen LogP contribution in [0.15, 0.2) is 27.4 Å². The third-order valence-corrected chi connectivity index (χ3v) is 5.15. The molecule has 5 atom stereocenters. The van der Waals surface area contributed by atoms with Gasteiger partial charge >= 0.3 is 5.63 Å². The van der Waals surface area contributed by atoms with Crippen LogP contribution < -0.4 is 15.1 Å². The zero-order valence-corrected chi connectivity index (χ0v) is 17.1. The fraction of sp³-hybridized carbons (Fsp3) is 0.571. The Kier molecular flexibility index (Phi) is 7.74. The van der Waals surface area contributed by atoms with Crippen molar-refractivity contribution in [3.8, 4) is 17.2 Å². The first-order valence-corrected chi connectivity index (χ1v) is 10.3. The molecule has 0 amide bonds. The maximum atomic E-state index is 12.0. The molecular formula is C21H28O10. The molecule has 31 heavy (non-hydrogen) atoms. The van der Waals surface area contributed by atoms with Crippen LogP contribution in [0.1, 0.15) is 32.6 Å². The van der Waals surface area contributed by atoms with Gasteiger partial charge in [0.25, 0.3) is 0 Å². The van der Waals surface area contributed by atoms with Crippen molar-refractivity contribution in [2.45, 2.75) is 63.3 Å². The highest BCUT2D eigenvalue weighted by molar-refractivity contribution is 5.86. The normalized spacial score (nSPS) is 26.2. The predicted molar refractivity (Wildman–Crippen MR) is 108 cm³/mol. The Labute approximate surface area is 178 Å². The molecule has 1 saturated heterocycles. The Morgan fingerprint density at radius 1 is 1.06 bits per heavy atom. The molecule has 1 aliphatic heterocycles. The van der Waals surface area contributed by atoms with Crippen LogP contribution in [-0.4, -0.2) is 69.5 Å². The Morgan fingerprint density at radius 2 is 1.84 bits per heavy atom. The van der Waals surface area contributed by atoms with Crippen molar-refractivity contribution in [1.82, 2.24) is 0 Å². The summed E-state index contributed by atoms with van der Waals surface area (Å²) in [6.45, 7) is 1.83. The van der Waals surface area contributed by atoms with Crippen molar-refractivity contribution in [2.24, 2.45) is 0 Å². The van der Waals surface area contributed by atoms with E-state index in [1.165, 1.54) is 18.2 Å². The fourth-order valence-corrected chi connectivity index (χ4v) is 3.36. The molecule has 0 radical (unpaired) electrons. The summed E-state index contributed by atoms with van der Waals surface area (Å²) in [5, 5.41) is 49.6. The molecule has 0 saturated carbocycles. The van der Waals surface area contributed by atoms with Crippen molar-refractivity contribution in [1.29, 1.82) is 0 Å². The quantitative estimate of drug-likeness (QED) is 0.277. The van der Waals surface area contributed by atoms with Crippen LogP contribution >= 0.6 is 0 Å². The largest absolute Gasteiger partial charge is 0.499 e. The molecule has 5 N–H and O–H groups in total. The van der Waals surface area contributed by atoms with Crippen LogP contribution in [0.5, 0.6) is 17.2 Å². The fourth-order valence-electron chi connectivity index (χ4n) is 3.36. The van der Waals surface area contributed by atoms with Crippen molar-refractivity contribution in [3.63, 3.8) is 0 Å². The summed E-state index contributed by atoms with van der Waals surface area (Å²) in [6.07, 6.45) is -3.30. The number of hydrogen-bond acceptors (Lipinski definition) is 10. The molecule has 0 bridgehead atoms. The zero-order valence-electron chi connectivity index (χ0n) is 17.1. The highest BCUT2D eigenvalue weighted by Gasteiger charge is 2.44. The first-order valence-electron chi connectivity index (χ1n) is 10.3. The molecule has 0 unspecified atom stereocenters. The monoisotopic (exact) mass is 440 g/mol. The van der Waals surface area contributed by atoms with Gasteiger partial charge in [0.05, 0.1) is 18.6 Å². The maximum absolute atomic E-state index is 12.0. The molecule has 1 aliphatic rings. The van der Waals surface area contributed by atoms with Gasteiger partial charge in [-0.05, 0) is 18.6 Å². The van der Waals surface area contributed by atoms with E-state index in [1.807, 2.05) is 0 Å². The molecule has 2 aromatic rings. The number of unbranched alkanes of at least 4 members (excludes halogenated alkanes) is 3. The SMILES string of the molecule is CCCCCCOc1c(O)c(=O)oc2cc(O[C@@H]3O[C@H](CO)[C@@H](O)[C@H](O)[C@H]3O)ccc12. The smallest absolute Gasteiger partial charge is 0.382 e. The summed E-state index contributed by atoms with van der Waals surface area (Å²) >= 11 is 0. The van der Waals surface area contributed by atoms with E-state index in [2.05, 4.69) is 6.92 Å². The van der Waals surface area contributed by atoms with E-state index in [0.29, 0.717) is 12.0 Å². The van der Waals surface area contributed by atoms with Gasteiger partial charge in [-0.2, -0.15) is 0 Å². The van der Waals surface area contributed by atoms with Gasteiger partial charge in [-0.1, -0.05) is 26.2 Å². The second kappa shape index (κ2) is 10.3. The maximum Gasteiger partial charge on any atom is 0.382 e. The summed E-state index contributed by atoms with van der Waals surface area (Å²) in [6, 6.07) is 4.34. The van der Waals surface area contributed by atoms with E-state index in [4.69, 9.17) is 18.6 Å². The van der Waals surface area contributed by atoms with E-state index in [-0.39, 0.29) is 17.1 Å². The molecule has 10 heteroatoms. The minimum atomic E-state index is -1.58. The predicted octanol–water partition coefficient (Wildman–Crippen LogP) is 0.636. The highest BCUT2D eigenvalue weighted by Crippen LogP contribution is 2.34. The second-order valence-corrected chi connectivity index (χ2v) is 7.45. The second-order valence-electron chi connectivity index (χ2n) is 7.45. The van der Waals surface area contributed by atoms with E-state index in [0.717, 1.165) is 25.7 Å². The van der Waals surface area contributed by atoms with Crippen molar-refractivity contribution in [2.75, 3.05) is 13.2 Å². The topological polar surface area (TPSA) is 159 Å². The van der Waals surface area contributed by atoms with Crippen LogP contribution in [0.2, 0.25) is 0 Å². The van der Waals surface area contributed by atoms with Gasteiger partial charge in [0, 0.05) is 6.07 Å². The van der Waals surface area contributed by atoms with Gasteiger partial charge in [-0.25, -0.2) is 4.79 Å². The molecule has 0 aliphatic carbocycles. The Bertz CT molecular complexity index is 924. The van der Waals surface area contributed by atoms with Crippen LogP contribution in [-0.2, 0) is 4.74 Å². The van der Waals surface area contributed by atoms with Crippen molar-refractivity contribution >= 4 is 11.0 Å². The summed E-state index contributed by atoms with van der Waals surface area (Å²) < 4.78 is 21.6. The third kappa shape index (κ3) is 5.10. The van der Waals surface area contributed by atoms with Gasteiger partial charge < -0.3 is 44.2 Å². The Hall–Kier alpha value is -2.37. The minimum absolute atomic E-state index is 0.0159. The number of aliphatic hydroxyl groups is 4. The zero-order chi connectivity index (χ0) is 22.5. The van der Waals surface area contributed by atoms with Crippen LogP contribution in [0.4, 0.5) is 0 Å². The van der Waals surface area contributed by atoms with Gasteiger partial charge in [0.1, 0.15) is 35.7 Å². The molecule has 0 spiro atoms. The summed E-state index contributed by atoms with van der Waals surface area (Å²) in [7, 11) is 0. The molecule has 1 aromatic carbocycles. The first-order chi connectivity index (χ1) is 14.9. The van der Waals surface area contributed by atoms with Crippen LogP contribution in [0.25, 0.3) is 11.0 Å². The lowest BCUT2D eigenvalue weighted by Gasteiger charge is -2.39. The Morgan fingerprint density at radius 3 is 2.55 bits per heavy atom. The van der Waals surface area contributed by atoms with Crippen molar-refractivity contribution < 1.29 is 44.2 Å². The molecule has 1 aromatic heterocycles. The number of ether oxygens (including phenoxy) is 3. The lowest BCUT2D eigenvalue weighted by Crippen LogP contribution is -2.60. The van der Waals surface area contributed by atoms with Crippen LogP contribution in [0, 0.1) is 0 Å². The minimum Gasteiger partial charge on any atom is -0.499 e. The Balaban J connectivity index is 1.81.